The number of carbonyl (C=O) groups is 1. The van der Waals surface area contributed by atoms with Crippen LogP contribution in [0.1, 0.15) is 35.8 Å². The maximum absolute atomic E-state index is 12.6. The van der Waals surface area contributed by atoms with Gasteiger partial charge in [-0.1, -0.05) is 11.8 Å². The molecule has 0 radical (unpaired) electrons. The van der Waals surface area contributed by atoms with Crippen molar-refractivity contribution in [2.75, 3.05) is 13.1 Å². The minimum Gasteiger partial charge on any atom is -0.347 e. The quantitative estimate of drug-likeness (QED) is 0.779. The van der Waals surface area contributed by atoms with E-state index in [1.54, 1.807) is 24.3 Å². The molecule has 3 aliphatic rings. The summed E-state index contributed by atoms with van der Waals surface area (Å²) in [4.78, 5) is 19.4. The number of aromatic nitrogens is 1. The number of alkyl halides is 3. The van der Waals surface area contributed by atoms with Gasteiger partial charge in [-0.2, -0.15) is 13.2 Å². The fourth-order valence-corrected chi connectivity index (χ4v) is 5.78. The van der Waals surface area contributed by atoms with Crippen molar-refractivity contribution in [3.8, 4) is 0 Å². The van der Waals surface area contributed by atoms with Gasteiger partial charge in [-0.05, 0) is 63.0 Å². The number of carbonyl (C=O) groups excluding carboxylic acids is 1. The minimum absolute atomic E-state index is 0.101. The molecule has 1 aromatic heterocycles. The third kappa shape index (κ3) is 4.06. The van der Waals surface area contributed by atoms with Crippen LogP contribution in [0.2, 0.25) is 0 Å². The first-order chi connectivity index (χ1) is 13.3. The van der Waals surface area contributed by atoms with Gasteiger partial charge in [-0.3, -0.25) is 9.69 Å². The van der Waals surface area contributed by atoms with E-state index in [9.17, 15) is 18.0 Å². The second kappa shape index (κ2) is 7.68. The van der Waals surface area contributed by atoms with Crippen molar-refractivity contribution in [2.45, 2.75) is 47.3 Å². The first-order valence-corrected chi connectivity index (χ1v) is 10.9. The van der Waals surface area contributed by atoms with Crippen molar-refractivity contribution >= 4 is 29.0 Å². The van der Waals surface area contributed by atoms with Gasteiger partial charge >= 0.3 is 6.18 Å². The fourth-order valence-electron chi connectivity index (χ4n) is 3.99. The van der Waals surface area contributed by atoms with Crippen LogP contribution in [0.4, 0.5) is 13.2 Å². The molecule has 4 nitrogen and oxygen atoms in total. The molecule has 0 spiro atoms. The van der Waals surface area contributed by atoms with Crippen molar-refractivity contribution in [1.82, 2.24) is 15.2 Å². The highest BCUT2D eigenvalue weighted by Crippen LogP contribution is 2.36. The van der Waals surface area contributed by atoms with Crippen LogP contribution < -0.4 is 5.32 Å². The SMILES string of the molecule is C[C@H]1[C@H](NC(=O)c2ccc(Sc3nc(C(F)(F)F)cs3)cc2)C2CCN1CC2. The van der Waals surface area contributed by atoms with E-state index in [1.165, 1.54) is 0 Å². The topological polar surface area (TPSA) is 45.2 Å². The first-order valence-electron chi connectivity index (χ1n) is 9.17. The van der Waals surface area contributed by atoms with Crippen LogP contribution in [-0.4, -0.2) is 41.0 Å². The van der Waals surface area contributed by atoms with E-state index in [4.69, 9.17) is 0 Å². The highest BCUT2D eigenvalue weighted by Gasteiger charge is 2.40. The Morgan fingerprint density at radius 2 is 1.93 bits per heavy atom. The molecule has 1 aromatic carbocycles. The second-order valence-electron chi connectivity index (χ2n) is 7.24. The Morgan fingerprint density at radius 1 is 1.25 bits per heavy atom. The number of rotatable bonds is 4. The van der Waals surface area contributed by atoms with Crippen molar-refractivity contribution in [3.63, 3.8) is 0 Å². The zero-order valence-corrected chi connectivity index (χ0v) is 16.8. The van der Waals surface area contributed by atoms with Crippen molar-refractivity contribution in [3.05, 3.63) is 40.9 Å². The molecule has 1 amide bonds. The zero-order chi connectivity index (χ0) is 19.9. The number of nitrogens with zero attached hydrogens (tertiary/aromatic N) is 2. The average molecular weight is 428 g/mol. The molecule has 9 heteroatoms. The normalized spacial score (nSPS) is 27.0. The van der Waals surface area contributed by atoms with E-state index in [0.29, 0.717) is 21.9 Å². The average Bonchev–Trinajstić information content (AvgIpc) is 3.14. The Hall–Kier alpha value is -1.58. The molecule has 3 fully saturated rings. The molecular weight excluding hydrogens is 407 g/mol. The summed E-state index contributed by atoms with van der Waals surface area (Å²) in [5, 5.41) is 4.20. The number of nitrogens with one attached hydrogen (secondary N) is 1. The maximum atomic E-state index is 12.6. The summed E-state index contributed by atoms with van der Waals surface area (Å²) in [5.41, 5.74) is -0.314. The minimum atomic E-state index is -4.43. The van der Waals surface area contributed by atoms with E-state index in [0.717, 1.165) is 59.3 Å². The summed E-state index contributed by atoms with van der Waals surface area (Å²) in [7, 11) is 0. The number of benzene rings is 1. The van der Waals surface area contributed by atoms with Crippen molar-refractivity contribution < 1.29 is 18.0 Å². The fraction of sp³-hybridized carbons (Fsp3) is 0.474. The van der Waals surface area contributed by atoms with Crippen LogP contribution in [0.15, 0.2) is 38.9 Å². The van der Waals surface area contributed by atoms with Gasteiger partial charge in [0.15, 0.2) is 10.0 Å². The van der Waals surface area contributed by atoms with Gasteiger partial charge in [0.1, 0.15) is 0 Å². The Morgan fingerprint density at radius 3 is 2.50 bits per heavy atom. The summed E-state index contributed by atoms with van der Waals surface area (Å²) in [6.45, 7) is 4.38. The molecule has 28 heavy (non-hydrogen) atoms. The number of fused-ring (bicyclic) bond motifs is 3. The van der Waals surface area contributed by atoms with Crippen LogP contribution in [0.25, 0.3) is 0 Å². The molecule has 0 unspecified atom stereocenters. The number of halogens is 3. The lowest BCUT2D eigenvalue weighted by Gasteiger charge is -2.49. The summed E-state index contributed by atoms with van der Waals surface area (Å²) >= 11 is 2.12. The smallest absolute Gasteiger partial charge is 0.347 e. The summed E-state index contributed by atoms with van der Waals surface area (Å²) in [6, 6.07) is 7.42. The predicted octanol–water partition coefficient (Wildman–Crippen LogP) is 4.53. The van der Waals surface area contributed by atoms with Gasteiger partial charge in [-0.15, -0.1) is 11.3 Å². The Kier molecular flexibility index (Phi) is 5.41. The highest BCUT2D eigenvalue weighted by atomic mass is 32.2. The van der Waals surface area contributed by atoms with Gasteiger partial charge in [0.2, 0.25) is 0 Å². The van der Waals surface area contributed by atoms with Crippen molar-refractivity contribution in [1.29, 1.82) is 0 Å². The molecule has 1 N–H and O–H groups in total. The summed E-state index contributed by atoms with van der Waals surface area (Å²) in [6.07, 6.45) is -2.18. The van der Waals surface area contributed by atoms with Crippen LogP contribution in [-0.2, 0) is 6.18 Å². The van der Waals surface area contributed by atoms with E-state index in [1.807, 2.05) is 0 Å². The monoisotopic (exact) mass is 427 g/mol. The highest BCUT2D eigenvalue weighted by molar-refractivity contribution is 8.01. The third-order valence-electron chi connectivity index (χ3n) is 5.57. The second-order valence-corrected chi connectivity index (χ2v) is 9.41. The summed E-state index contributed by atoms with van der Waals surface area (Å²) < 4.78 is 38.3. The van der Waals surface area contributed by atoms with E-state index in [-0.39, 0.29) is 11.9 Å². The Bertz CT molecular complexity index is 843. The zero-order valence-electron chi connectivity index (χ0n) is 15.2. The lowest BCUT2D eigenvalue weighted by molar-refractivity contribution is -0.141. The van der Waals surface area contributed by atoms with Crippen molar-refractivity contribution in [2.24, 2.45) is 5.92 Å². The Balaban J connectivity index is 1.39. The number of piperidine rings is 3. The van der Waals surface area contributed by atoms with Gasteiger partial charge in [-0.25, -0.2) is 4.98 Å². The van der Waals surface area contributed by atoms with Gasteiger partial charge in [0, 0.05) is 27.9 Å². The molecule has 5 rings (SSSR count). The molecule has 2 atom stereocenters. The van der Waals surface area contributed by atoms with Gasteiger partial charge in [0.05, 0.1) is 0 Å². The predicted molar refractivity (Wildman–Crippen MR) is 103 cm³/mol. The number of thiazole rings is 1. The maximum Gasteiger partial charge on any atom is 0.434 e. The van der Waals surface area contributed by atoms with Crippen LogP contribution in [0.3, 0.4) is 0 Å². The third-order valence-corrected chi connectivity index (χ3v) is 7.52. The van der Waals surface area contributed by atoms with Crippen LogP contribution in [0, 0.1) is 5.92 Å². The lowest BCUT2D eigenvalue weighted by atomic mass is 9.79. The number of hydrogen-bond donors (Lipinski definition) is 1. The molecule has 3 saturated heterocycles. The number of hydrogen-bond acceptors (Lipinski definition) is 5. The Labute approximate surface area is 169 Å². The van der Waals surface area contributed by atoms with Gasteiger partial charge < -0.3 is 5.32 Å². The summed E-state index contributed by atoms with van der Waals surface area (Å²) in [5.74, 6) is 0.433. The molecule has 4 heterocycles. The van der Waals surface area contributed by atoms with Crippen LogP contribution in [0.5, 0.6) is 0 Å². The first kappa shape index (κ1) is 19.7. The molecule has 150 valence electrons. The van der Waals surface area contributed by atoms with Gasteiger partial charge in [0.25, 0.3) is 5.91 Å². The molecule has 3 aliphatic heterocycles. The van der Waals surface area contributed by atoms with E-state index in [2.05, 4.69) is 22.1 Å². The lowest BCUT2D eigenvalue weighted by Crippen LogP contribution is -2.62. The molecule has 0 saturated carbocycles. The molecule has 2 bridgehead atoms. The largest absolute Gasteiger partial charge is 0.434 e. The molecule has 2 aromatic rings. The van der Waals surface area contributed by atoms with E-state index < -0.39 is 11.9 Å². The molecular formula is C19H20F3N3OS2. The van der Waals surface area contributed by atoms with E-state index >= 15 is 0 Å². The molecule has 0 aliphatic carbocycles. The number of amides is 1. The van der Waals surface area contributed by atoms with Crippen LogP contribution >= 0.6 is 23.1 Å². The standard InChI is InChI=1S/C19H20F3N3OS2/c1-11-16(12-6-8-25(11)9-7-12)24-17(26)13-2-4-14(5-3-13)28-18-23-15(10-27-18)19(20,21)22/h2-5,10-12,16H,6-9H2,1H3,(H,24,26)/t11-,16-/m0/s1.